The second-order valence-corrected chi connectivity index (χ2v) is 4.11. The average molecular weight is 292 g/mol. The Bertz CT molecular complexity index is 568. The zero-order valence-corrected chi connectivity index (χ0v) is 12.3. The van der Waals surface area contributed by atoms with Gasteiger partial charge in [0.15, 0.2) is 0 Å². The SMILES string of the molecule is Cc1cc(C)c(O)c(C=Nc2ccccc2)c1.[O]=[V]. The van der Waals surface area contributed by atoms with Gasteiger partial charge in [0.1, 0.15) is 5.75 Å². The first-order valence-electron chi connectivity index (χ1n) is 5.74. The molecule has 4 heteroatoms. The molecular weight excluding hydrogens is 277 g/mol. The molecule has 0 bridgehead atoms. The normalized spacial score (nSPS) is 9.95. The zero-order valence-electron chi connectivity index (χ0n) is 10.9. The minimum absolute atomic E-state index is 0.301. The van der Waals surface area contributed by atoms with E-state index in [1.807, 2.05) is 56.3 Å². The summed E-state index contributed by atoms with van der Waals surface area (Å²) in [7, 11) is 0. The van der Waals surface area contributed by atoms with Crippen molar-refractivity contribution in [1.29, 1.82) is 0 Å². The van der Waals surface area contributed by atoms with Gasteiger partial charge in [-0.2, -0.15) is 0 Å². The molecule has 97 valence electrons. The van der Waals surface area contributed by atoms with Crippen molar-refractivity contribution in [3.8, 4) is 5.75 Å². The van der Waals surface area contributed by atoms with E-state index in [1.165, 1.54) is 0 Å². The van der Waals surface area contributed by atoms with Crippen LogP contribution in [-0.4, -0.2) is 11.3 Å². The number of aliphatic imine (C=N–C) groups is 1. The van der Waals surface area contributed by atoms with Gasteiger partial charge in [0.25, 0.3) is 0 Å². The van der Waals surface area contributed by atoms with Crippen LogP contribution in [0.1, 0.15) is 16.7 Å². The summed E-state index contributed by atoms with van der Waals surface area (Å²) in [5, 5.41) is 9.91. The van der Waals surface area contributed by atoms with Crippen molar-refractivity contribution in [1.82, 2.24) is 0 Å². The number of phenolic OH excluding ortho intramolecular Hbond substituents is 1. The number of phenols is 1. The van der Waals surface area contributed by atoms with E-state index in [0.717, 1.165) is 39.7 Å². The third kappa shape index (κ3) is 4.47. The second kappa shape index (κ2) is 7.67. The summed E-state index contributed by atoms with van der Waals surface area (Å²) in [4.78, 5) is 4.33. The van der Waals surface area contributed by atoms with Gasteiger partial charge in [-0.3, -0.25) is 4.99 Å². The fourth-order valence-electron chi connectivity index (χ4n) is 1.75. The molecule has 0 heterocycles. The van der Waals surface area contributed by atoms with E-state index in [2.05, 4.69) is 4.99 Å². The summed E-state index contributed by atoms with van der Waals surface area (Å²) in [6.07, 6.45) is 1.70. The molecule has 2 aromatic rings. The molecule has 0 unspecified atom stereocenters. The Hall–Kier alpha value is -1.71. The predicted octanol–water partition coefficient (Wildman–Crippen LogP) is 3.64. The fourth-order valence-corrected chi connectivity index (χ4v) is 1.75. The Kier molecular flexibility index (Phi) is 6.20. The third-order valence-corrected chi connectivity index (χ3v) is 2.58. The van der Waals surface area contributed by atoms with Crippen LogP contribution in [0.15, 0.2) is 47.5 Å². The quantitative estimate of drug-likeness (QED) is 0.859. The van der Waals surface area contributed by atoms with Crippen LogP contribution in [0.5, 0.6) is 5.75 Å². The van der Waals surface area contributed by atoms with Gasteiger partial charge in [-0.25, -0.2) is 0 Å². The number of para-hydroxylation sites is 1. The first kappa shape index (κ1) is 15.4. The molecule has 19 heavy (non-hydrogen) atoms. The molecule has 0 saturated carbocycles. The van der Waals surface area contributed by atoms with Gasteiger partial charge < -0.3 is 5.11 Å². The predicted molar refractivity (Wildman–Crippen MR) is 72.0 cm³/mol. The number of aryl methyl sites for hydroxylation is 2. The summed E-state index contributed by atoms with van der Waals surface area (Å²) in [5.74, 6) is 0.301. The Labute approximate surface area is 122 Å². The molecule has 0 saturated heterocycles. The zero-order chi connectivity index (χ0) is 14.3. The molecule has 0 atom stereocenters. The Morgan fingerprint density at radius 3 is 2.37 bits per heavy atom. The molecule has 0 radical (unpaired) electrons. The third-order valence-electron chi connectivity index (χ3n) is 2.58. The van der Waals surface area contributed by atoms with Crippen molar-refractivity contribution in [2.75, 3.05) is 0 Å². The van der Waals surface area contributed by atoms with Crippen LogP contribution >= 0.6 is 0 Å². The summed E-state index contributed by atoms with van der Waals surface area (Å²) >= 11 is 1.06. The summed E-state index contributed by atoms with van der Waals surface area (Å²) in [6.45, 7) is 3.90. The van der Waals surface area contributed by atoms with Crippen molar-refractivity contribution in [2.24, 2.45) is 4.99 Å². The van der Waals surface area contributed by atoms with Crippen LogP contribution < -0.4 is 0 Å². The summed E-state index contributed by atoms with van der Waals surface area (Å²) < 4.78 is 8.19. The molecule has 0 amide bonds. The molecule has 0 aromatic heterocycles. The monoisotopic (exact) mass is 292 g/mol. The number of hydrogen-bond acceptors (Lipinski definition) is 3. The molecule has 3 nitrogen and oxygen atoms in total. The number of hydrogen-bond donors (Lipinski definition) is 1. The van der Waals surface area contributed by atoms with Crippen molar-refractivity contribution in [3.63, 3.8) is 0 Å². The van der Waals surface area contributed by atoms with Gasteiger partial charge in [-0.1, -0.05) is 24.3 Å². The molecule has 2 rings (SSSR count). The maximum absolute atomic E-state index is 9.91. The van der Waals surface area contributed by atoms with Crippen LogP contribution in [0.4, 0.5) is 5.69 Å². The van der Waals surface area contributed by atoms with Gasteiger partial charge in [0, 0.05) is 11.8 Å². The second-order valence-electron chi connectivity index (χ2n) is 4.11. The van der Waals surface area contributed by atoms with Gasteiger partial charge in [-0.05, 0) is 43.2 Å². The molecule has 0 fully saturated rings. The van der Waals surface area contributed by atoms with E-state index < -0.39 is 0 Å². The summed E-state index contributed by atoms with van der Waals surface area (Å²) in [5.41, 5.74) is 3.63. The van der Waals surface area contributed by atoms with E-state index >= 15 is 0 Å². The van der Waals surface area contributed by atoms with E-state index in [-0.39, 0.29) is 0 Å². The van der Waals surface area contributed by atoms with Crippen LogP contribution in [-0.2, 0) is 21.0 Å². The molecule has 0 aliphatic carbocycles. The van der Waals surface area contributed by atoms with Gasteiger partial charge in [0.05, 0.1) is 5.69 Å². The van der Waals surface area contributed by atoms with Crippen molar-refractivity contribution in [2.45, 2.75) is 13.8 Å². The average Bonchev–Trinajstić information content (AvgIpc) is 2.44. The molecular formula is C15H15NO2V. The Balaban J connectivity index is 0.000000861. The molecule has 0 aliphatic rings. The van der Waals surface area contributed by atoms with E-state index in [1.54, 1.807) is 6.21 Å². The fraction of sp³-hybridized carbons (Fsp3) is 0.133. The van der Waals surface area contributed by atoms with Crippen molar-refractivity contribution in [3.05, 3.63) is 59.2 Å². The van der Waals surface area contributed by atoms with E-state index in [0.29, 0.717) is 5.75 Å². The first-order valence-corrected chi connectivity index (χ1v) is 6.31. The van der Waals surface area contributed by atoms with Gasteiger partial charge in [-0.15, -0.1) is 0 Å². The molecule has 0 aliphatic heterocycles. The van der Waals surface area contributed by atoms with Crippen LogP contribution in [0.2, 0.25) is 0 Å². The number of rotatable bonds is 2. The van der Waals surface area contributed by atoms with E-state index in [9.17, 15) is 5.11 Å². The Morgan fingerprint density at radius 2 is 1.74 bits per heavy atom. The summed E-state index contributed by atoms with van der Waals surface area (Å²) in [6, 6.07) is 13.6. The van der Waals surface area contributed by atoms with Crippen LogP contribution in [0.25, 0.3) is 0 Å². The molecule has 2 aromatic carbocycles. The number of nitrogens with zero attached hydrogens (tertiary/aromatic N) is 1. The minimum atomic E-state index is 0.301. The molecule has 0 spiro atoms. The standard InChI is InChI=1S/C15H15NO.O.V/c1-11-8-12(2)15(17)13(9-11)10-16-14-6-4-3-5-7-14;;/h3-10,17H,1-2H3;;. The maximum atomic E-state index is 9.91. The first-order chi connectivity index (χ1) is 9.16. The topological polar surface area (TPSA) is 49.7 Å². The van der Waals surface area contributed by atoms with Crippen molar-refractivity contribution >= 4 is 11.9 Å². The van der Waals surface area contributed by atoms with Crippen LogP contribution in [0.3, 0.4) is 0 Å². The number of benzene rings is 2. The van der Waals surface area contributed by atoms with Crippen LogP contribution in [0, 0.1) is 13.8 Å². The number of aromatic hydroxyl groups is 1. The van der Waals surface area contributed by atoms with E-state index in [4.69, 9.17) is 3.67 Å². The van der Waals surface area contributed by atoms with Gasteiger partial charge in [0.2, 0.25) is 0 Å². The Morgan fingerprint density at radius 1 is 1.11 bits per heavy atom. The molecule has 1 N–H and O–H groups in total. The van der Waals surface area contributed by atoms with Crippen molar-refractivity contribution < 1.29 is 26.1 Å². The van der Waals surface area contributed by atoms with Gasteiger partial charge >= 0.3 is 21.0 Å².